The van der Waals surface area contributed by atoms with Crippen LogP contribution in [0.15, 0.2) is 60.7 Å². The van der Waals surface area contributed by atoms with Gasteiger partial charge in [0.15, 0.2) is 0 Å². The van der Waals surface area contributed by atoms with E-state index >= 15 is 0 Å². The highest BCUT2D eigenvalue weighted by Gasteiger charge is 2.00. The predicted molar refractivity (Wildman–Crippen MR) is 90.4 cm³/mol. The third-order valence-electron chi connectivity index (χ3n) is 3.15. The molecule has 0 aliphatic carbocycles. The van der Waals surface area contributed by atoms with Crippen LogP contribution < -0.4 is 11.5 Å². The first-order valence-corrected chi connectivity index (χ1v) is 7.46. The van der Waals surface area contributed by atoms with Crippen molar-refractivity contribution in [1.82, 2.24) is 0 Å². The monoisotopic (exact) mass is 302 g/mol. The van der Waals surface area contributed by atoms with E-state index in [1.165, 1.54) is 11.1 Å². The first kappa shape index (κ1) is 18.3. The second-order valence-corrected chi connectivity index (χ2v) is 5.26. The predicted octanol–water partition coefficient (Wildman–Crippen LogP) is 1.10. The maximum atomic E-state index is 8.67. The third-order valence-corrected chi connectivity index (χ3v) is 3.15. The maximum Gasteiger partial charge on any atom is 0.0585 e. The van der Waals surface area contributed by atoms with Crippen molar-refractivity contribution in [3.05, 3.63) is 71.8 Å². The second kappa shape index (κ2) is 10.9. The van der Waals surface area contributed by atoms with E-state index < -0.39 is 0 Å². The van der Waals surface area contributed by atoms with Crippen LogP contribution in [0.5, 0.6) is 0 Å². The number of hydrogen-bond acceptors (Lipinski definition) is 4. The molecule has 0 unspecified atom stereocenters. The van der Waals surface area contributed by atoms with E-state index in [9.17, 15) is 0 Å². The van der Waals surface area contributed by atoms with Crippen LogP contribution in [0.1, 0.15) is 11.1 Å². The van der Waals surface area contributed by atoms with E-state index in [0.717, 1.165) is 12.8 Å². The van der Waals surface area contributed by atoms with Gasteiger partial charge in [-0.3, -0.25) is 0 Å². The topological polar surface area (TPSA) is 92.5 Å². The lowest BCUT2D eigenvalue weighted by atomic mass is 10.1. The number of aliphatic hydroxyl groups excluding tert-OH is 2. The van der Waals surface area contributed by atoms with Crippen molar-refractivity contribution in [1.29, 1.82) is 0 Å². The molecule has 0 heterocycles. The highest BCUT2D eigenvalue weighted by atomic mass is 16.3. The Morgan fingerprint density at radius 3 is 1.23 bits per heavy atom. The van der Waals surface area contributed by atoms with Crippen LogP contribution in [0, 0.1) is 0 Å². The molecule has 2 rings (SSSR count). The van der Waals surface area contributed by atoms with Gasteiger partial charge in [0.1, 0.15) is 0 Å². The number of benzene rings is 2. The molecular formula is C18H26N2O2. The summed E-state index contributed by atoms with van der Waals surface area (Å²) in [7, 11) is 0. The zero-order valence-electron chi connectivity index (χ0n) is 12.8. The Morgan fingerprint density at radius 2 is 0.955 bits per heavy atom. The molecule has 120 valence electrons. The Morgan fingerprint density at radius 1 is 0.636 bits per heavy atom. The highest BCUT2D eigenvalue weighted by Crippen LogP contribution is 2.01. The molecule has 0 aliphatic rings. The summed E-state index contributed by atoms with van der Waals surface area (Å²) in [5.74, 6) is 0. The Kier molecular flexibility index (Phi) is 9.11. The standard InChI is InChI=1S/2C9H13NO/c2*10-9(7-11)6-8-4-2-1-3-5-8/h2*1-5,9,11H,6-7,10H2/t2*9-/m10/s1. The minimum atomic E-state index is -0.127. The van der Waals surface area contributed by atoms with Gasteiger partial charge in [0.2, 0.25) is 0 Å². The van der Waals surface area contributed by atoms with Crippen LogP contribution in [0.2, 0.25) is 0 Å². The van der Waals surface area contributed by atoms with Crippen molar-refractivity contribution in [2.75, 3.05) is 13.2 Å². The Labute approximate surface area is 132 Å². The fourth-order valence-corrected chi connectivity index (χ4v) is 1.96. The summed E-state index contributed by atoms with van der Waals surface area (Å²) in [4.78, 5) is 0. The lowest BCUT2D eigenvalue weighted by Gasteiger charge is -2.06. The van der Waals surface area contributed by atoms with Crippen molar-refractivity contribution >= 4 is 0 Å². The highest BCUT2D eigenvalue weighted by molar-refractivity contribution is 5.16. The van der Waals surface area contributed by atoms with Gasteiger partial charge in [0, 0.05) is 12.1 Å². The first-order chi connectivity index (χ1) is 10.7. The summed E-state index contributed by atoms with van der Waals surface area (Å²) < 4.78 is 0. The van der Waals surface area contributed by atoms with Crippen molar-refractivity contribution < 1.29 is 10.2 Å². The summed E-state index contributed by atoms with van der Waals surface area (Å²) in [6.45, 7) is 0.101. The molecule has 0 spiro atoms. The Hall–Kier alpha value is -1.72. The molecule has 2 aromatic carbocycles. The molecule has 0 saturated carbocycles. The number of aliphatic hydroxyl groups is 2. The van der Waals surface area contributed by atoms with Gasteiger partial charge in [-0.1, -0.05) is 60.7 Å². The summed E-state index contributed by atoms with van der Waals surface area (Å²) >= 11 is 0. The van der Waals surface area contributed by atoms with Gasteiger partial charge in [-0.05, 0) is 24.0 Å². The van der Waals surface area contributed by atoms with E-state index in [4.69, 9.17) is 21.7 Å². The molecule has 0 saturated heterocycles. The van der Waals surface area contributed by atoms with Crippen LogP contribution in [-0.4, -0.2) is 35.5 Å². The largest absolute Gasteiger partial charge is 0.395 e. The van der Waals surface area contributed by atoms with Gasteiger partial charge >= 0.3 is 0 Å². The fraction of sp³-hybridized carbons (Fsp3) is 0.333. The summed E-state index contributed by atoms with van der Waals surface area (Å²) in [5.41, 5.74) is 13.5. The van der Waals surface area contributed by atoms with E-state index in [0.29, 0.717) is 0 Å². The average molecular weight is 302 g/mol. The Balaban J connectivity index is 0.000000220. The van der Waals surface area contributed by atoms with Gasteiger partial charge < -0.3 is 21.7 Å². The molecule has 4 heteroatoms. The average Bonchev–Trinajstić information content (AvgIpc) is 2.57. The minimum Gasteiger partial charge on any atom is -0.395 e. The zero-order chi connectivity index (χ0) is 16.2. The van der Waals surface area contributed by atoms with Gasteiger partial charge in [-0.2, -0.15) is 0 Å². The van der Waals surface area contributed by atoms with E-state index in [1.54, 1.807) is 0 Å². The van der Waals surface area contributed by atoms with Gasteiger partial charge in [-0.15, -0.1) is 0 Å². The number of hydrogen-bond donors (Lipinski definition) is 4. The summed E-state index contributed by atoms with van der Waals surface area (Å²) in [6, 6.07) is 19.6. The van der Waals surface area contributed by atoms with Gasteiger partial charge in [0.05, 0.1) is 13.2 Å². The third kappa shape index (κ3) is 7.90. The normalized spacial score (nSPS) is 12.9. The van der Waals surface area contributed by atoms with E-state index in [2.05, 4.69) is 0 Å². The van der Waals surface area contributed by atoms with Crippen molar-refractivity contribution in [2.45, 2.75) is 24.9 Å². The quantitative estimate of drug-likeness (QED) is 0.643. The van der Waals surface area contributed by atoms with Crippen LogP contribution in [0.4, 0.5) is 0 Å². The van der Waals surface area contributed by atoms with E-state index in [1.807, 2.05) is 60.7 Å². The lowest BCUT2D eigenvalue weighted by Crippen LogP contribution is -2.26. The molecule has 4 nitrogen and oxygen atoms in total. The molecule has 0 radical (unpaired) electrons. The molecule has 22 heavy (non-hydrogen) atoms. The first-order valence-electron chi connectivity index (χ1n) is 7.46. The maximum absolute atomic E-state index is 8.67. The Bertz CT molecular complexity index is 443. The molecule has 0 aromatic heterocycles. The second-order valence-electron chi connectivity index (χ2n) is 5.26. The van der Waals surface area contributed by atoms with Gasteiger partial charge in [0.25, 0.3) is 0 Å². The van der Waals surface area contributed by atoms with Crippen LogP contribution in [-0.2, 0) is 12.8 Å². The summed E-state index contributed by atoms with van der Waals surface area (Å²) in [5, 5.41) is 17.3. The van der Waals surface area contributed by atoms with Crippen LogP contribution in [0.25, 0.3) is 0 Å². The zero-order valence-corrected chi connectivity index (χ0v) is 12.8. The molecule has 0 amide bonds. The molecule has 0 fully saturated rings. The lowest BCUT2D eigenvalue weighted by molar-refractivity contribution is 0.265. The smallest absolute Gasteiger partial charge is 0.0585 e. The van der Waals surface area contributed by atoms with Gasteiger partial charge in [-0.25, -0.2) is 0 Å². The number of nitrogens with two attached hydrogens (primary N) is 2. The molecule has 2 atom stereocenters. The SMILES string of the molecule is N[C@@H](CO)Cc1ccccc1.N[C@H](CO)Cc1ccccc1. The molecular weight excluding hydrogens is 276 g/mol. The molecule has 0 bridgehead atoms. The summed E-state index contributed by atoms with van der Waals surface area (Å²) in [6.07, 6.45) is 1.49. The molecule has 6 N–H and O–H groups in total. The van der Waals surface area contributed by atoms with E-state index in [-0.39, 0.29) is 25.3 Å². The van der Waals surface area contributed by atoms with Crippen molar-refractivity contribution in [3.8, 4) is 0 Å². The fourth-order valence-electron chi connectivity index (χ4n) is 1.96. The van der Waals surface area contributed by atoms with Crippen molar-refractivity contribution in [2.24, 2.45) is 11.5 Å². The van der Waals surface area contributed by atoms with Crippen molar-refractivity contribution in [3.63, 3.8) is 0 Å². The minimum absolute atomic E-state index is 0.0505. The number of rotatable bonds is 6. The van der Waals surface area contributed by atoms with Crippen LogP contribution >= 0.6 is 0 Å². The molecule has 0 aliphatic heterocycles. The molecule has 2 aromatic rings. The van der Waals surface area contributed by atoms with Crippen LogP contribution in [0.3, 0.4) is 0 Å².